The van der Waals surface area contributed by atoms with Gasteiger partial charge in [0.05, 0.1) is 5.56 Å². The zero-order valence-electron chi connectivity index (χ0n) is 11.1. The molecule has 0 saturated heterocycles. The minimum Gasteiger partial charge on any atom is -0.478 e. The van der Waals surface area contributed by atoms with Crippen molar-refractivity contribution in [2.24, 2.45) is 0 Å². The van der Waals surface area contributed by atoms with Crippen molar-refractivity contribution < 1.29 is 14.7 Å². The fraction of sp³-hybridized carbons (Fsp3) is 0.333. The lowest BCUT2D eigenvalue weighted by Gasteiger charge is -2.06. The second kappa shape index (κ2) is 5.26. The molecular formula is C15H17NO3. The molecule has 1 heterocycles. The Morgan fingerprint density at radius 1 is 1.42 bits per heavy atom. The largest absolute Gasteiger partial charge is 0.478 e. The highest BCUT2D eigenvalue weighted by Crippen LogP contribution is 2.25. The van der Waals surface area contributed by atoms with Crippen LogP contribution in [0, 0.1) is 6.92 Å². The van der Waals surface area contributed by atoms with E-state index in [4.69, 9.17) is 0 Å². The van der Waals surface area contributed by atoms with Gasteiger partial charge in [-0.2, -0.15) is 0 Å². The van der Waals surface area contributed by atoms with Crippen LogP contribution in [0.5, 0.6) is 0 Å². The Morgan fingerprint density at radius 3 is 2.74 bits per heavy atom. The van der Waals surface area contributed by atoms with Crippen LogP contribution >= 0.6 is 0 Å². The molecule has 0 saturated carbocycles. The first-order valence-electron chi connectivity index (χ1n) is 6.40. The summed E-state index contributed by atoms with van der Waals surface area (Å²) in [4.78, 5) is 22.3. The van der Waals surface area contributed by atoms with Gasteiger partial charge in [0.2, 0.25) is 0 Å². The zero-order chi connectivity index (χ0) is 14.0. The van der Waals surface area contributed by atoms with E-state index in [1.54, 1.807) is 25.3 Å². The summed E-state index contributed by atoms with van der Waals surface area (Å²) in [5, 5.41) is 10.0. The Labute approximate surface area is 111 Å². The number of carbonyl (C=O) groups is 2. The average molecular weight is 259 g/mol. The molecule has 0 unspecified atom stereocenters. The first-order chi connectivity index (χ1) is 9.08. The Hall–Kier alpha value is -2.10. The second-order valence-corrected chi connectivity index (χ2v) is 4.74. The van der Waals surface area contributed by atoms with Crippen molar-refractivity contribution in [3.05, 3.63) is 35.0 Å². The van der Waals surface area contributed by atoms with Crippen LogP contribution < -0.4 is 0 Å². The third kappa shape index (κ3) is 2.38. The maximum absolute atomic E-state index is 11.2. The van der Waals surface area contributed by atoms with Crippen LogP contribution in [0.2, 0.25) is 0 Å². The van der Waals surface area contributed by atoms with Crippen LogP contribution in [-0.2, 0) is 6.54 Å². The summed E-state index contributed by atoms with van der Waals surface area (Å²) in [6.45, 7) is 4.64. The summed E-state index contributed by atoms with van der Waals surface area (Å²) in [5.74, 6) is -0.935. The number of rotatable bonds is 5. The number of aromatic nitrogens is 1. The number of carbonyl (C=O) groups excluding carboxylic acids is 1. The van der Waals surface area contributed by atoms with Crippen molar-refractivity contribution in [2.75, 3.05) is 0 Å². The number of aldehydes is 1. The van der Waals surface area contributed by atoms with Crippen LogP contribution in [-0.4, -0.2) is 21.9 Å². The third-order valence-corrected chi connectivity index (χ3v) is 3.37. The molecule has 0 aliphatic heterocycles. The summed E-state index contributed by atoms with van der Waals surface area (Å²) in [6.07, 6.45) is 4.68. The van der Waals surface area contributed by atoms with E-state index in [0.717, 1.165) is 36.6 Å². The van der Waals surface area contributed by atoms with Gasteiger partial charge in [-0.1, -0.05) is 13.3 Å². The number of nitrogens with zero attached hydrogens (tertiary/aromatic N) is 1. The number of carboxylic acids is 1. The first-order valence-corrected chi connectivity index (χ1v) is 6.40. The van der Waals surface area contributed by atoms with E-state index in [2.05, 4.69) is 6.92 Å². The fourth-order valence-electron chi connectivity index (χ4n) is 2.31. The molecule has 19 heavy (non-hydrogen) atoms. The zero-order valence-corrected chi connectivity index (χ0v) is 11.1. The lowest BCUT2D eigenvalue weighted by atomic mass is 10.0. The quantitative estimate of drug-likeness (QED) is 0.838. The van der Waals surface area contributed by atoms with Crippen molar-refractivity contribution in [3.63, 3.8) is 0 Å². The molecule has 0 radical (unpaired) electrons. The summed E-state index contributed by atoms with van der Waals surface area (Å²) < 4.78 is 1.97. The standard InChI is InChI=1S/C15H17NO3/c1-3-4-5-16-8-11(9-17)13-6-10(2)12(15(18)19)7-14(13)16/h6-9H,3-5H2,1-2H3,(H,18,19). The summed E-state index contributed by atoms with van der Waals surface area (Å²) in [7, 11) is 0. The number of hydrogen-bond acceptors (Lipinski definition) is 2. The van der Waals surface area contributed by atoms with Crippen LogP contribution in [0.15, 0.2) is 18.3 Å². The summed E-state index contributed by atoms with van der Waals surface area (Å²) in [5.41, 5.74) is 2.40. The highest BCUT2D eigenvalue weighted by molar-refractivity contribution is 6.02. The number of hydrogen-bond donors (Lipinski definition) is 1. The molecule has 4 heteroatoms. The minimum absolute atomic E-state index is 0.292. The van der Waals surface area contributed by atoms with E-state index in [9.17, 15) is 14.7 Å². The molecule has 1 aromatic heterocycles. The van der Waals surface area contributed by atoms with Gasteiger partial charge in [0.25, 0.3) is 0 Å². The Balaban J connectivity index is 2.66. The van der Waals surface area contributed by atoms with Gasteiger partial charge in [0.15, 0.2) is 6.29 Å². The van der Waals surface area contributed by atoms with Gasteiger partial charge < -0.3 is 9.67 Å². The molecular weight excluding hydrogens is 242 g/mol. The second-order valence-electron chi connectivity index (χ2n) is 4.74. The highest BCUT2D eigenvalue weighted by Gasteiger charge is 2.14. The molecule has 0 aliphatic carbocycles. The fourth-order valence-corrected chi connectivity index (χ4v) is 2.31. The van der Waals surface area contributed by atoms with Crippen LogP contribution in [0.4, 0.5) is 0 Å². The van der Waals surface area contributed by atoms with E-state index < -0.39 is 5.97 Å². The topological polar surface area (TPSA) is 59.3 Å². The van der Waals surface area contributed by atoms with Gasteiger partial charge in [-0.25, -0.2) is 4.79 Å². The number of carboxylic acid groups (broad SMARTS) is 1. The van der Waals surface area contributed by atoms with E-state index in [-0.39, 0.29) is 0 Å². The molecule has 0 fully saturated rings. The highest BCUT2D eigenvalue weighted by atomic mass is 16.4. The minimum atomic E-state index is -0.935. The van der Waals surface area contributed by atoms with Crippen molar-refractivity contribution in [3.8, 4) is 0 Å². The molecule has 4 nitrogen and oxygen atoms in total. The van der Waals surface area contributed by atoms with E-state index in [1.807, 2.05) is 4.57 Å². The molecule has 0 bridgehead atoms. The predicted molar refractivity (Wildman–Crippen MR) is 73.9 cm³/mol. The van der Waals surface area contributed by atoms with E-state index in [0.29, 0.717) is 16.7 Å². The molecule has 0 aliphatic rings. The van der Waals surface area contributed by atoms with E-state index in [1.165, 1.54) is 0 Å². The number of aromatic carboxylic acids is 1. The van der Waals surface area contributed by atoms with Crippen LogP contribution in [0.25, 0.3) is 10.9 Å². The third-order valence-electron chi connectivity index (χ3n) is 3.37. The lowest BCUT2D eigenvalue weighted by molar-refractivity contribution is 0.0696. The smallest absolute Gasteiger partial charge is 0.336 e. The number of fused-ring (bicyclic) bond motifs is 1. The maximum atomic E-state index is 11.2. The average Bonchev–Trinajstić information content (AvgIpc) is 2.72. The van der Waals surface area contributed by atoms with Crippen LogP contribution in [0.3, 0.4) is 0 Å². The maximum Gasteiger partial charge on any atom is 0.336 e. The molecule has 0 atom stereocenters. The van der Waals surface area contributed by atoms with Crippen molar-refractivity contribution >= 4 is 23.2 Å². The molecule has 2 rings (SSSR count). The molecule has 1 N–H and O–H groups in total. The van der Waals surface area contributed by atoms with Crippen molar-refractivity contribution in [1.82, 2.24) is 4.57 Å². The number of unbranched alkanes of at least 4 members (excludes halogenated alkanes) is 1. The van der Waals surface area contributed by atoms with E-state index >= 15 is 0 Å². The first kappa shape index (κ1) is 13.3. The summed E-state index contributed by atoms with van der Waals surface area (Å²) in [6, 6.07) is 3.45. The van der Waals surface area contributed by atoms with Gasteiger partial charge in [0, 0.05) is 29.2 Å². The Bertz CT molecular complexity index is 640. The number of aryl methyl sites for hydroxylation is 2. The molecule has 2 aromatic rings. The van der Waals surface area contributed by atoms with Gasteiger partial charge >= 0.3 is 5.97 Å². The van der Waals surface area contributed by atoms with Gasteiger partial charge in [-0.15, -0.1) is 0 Å². The number of benzene rings is 1. The Kier molecular flexibility index (Phi) is 3.69. The monoisotopic (exact) mass is 259 g/mol. The van der Waals surface area contributed by atoms with Gasteiger partial charge in [-0.3, -0.25) is 4.79 Å². The predicted octanol–water partition coefficient (Wildman–Crippen LogP) is 3.26. The normalized spacial score (nSPS) is 10.8. The summed E-state index contributed by atoms with van der Waals surface area (Å²) >= 11 is 0. The Morgan fingerprint density at radius 2 is 2.16 bits per heavy atom. The van der Waals surface area contributed by atoms with Gasteiger partial charge in [0.1, 0.15) is 0 Å². The molecule has 1 aromatic carbocycles. The van der Waals surface area contributed by atoms with Crippen molar-refractivity contribution in [2.45, 2.75) is 33.2 Å². The van der Waals surface area contributed by atoms with Crippen LogP contribution in [0.1, 0.15) is 46.0 Å². The van der Waals surface area contributed by atoms with Gasteiger partial charge in [-0.05, 0) is 31.0 Å². The lowest BCUT2D eigenvalue weighted by Crippen LogP contribution is -2.01. The SMILES string of the molecule is CCCCn1cc(C=O)c2cc(C)c(C(=O)O)cc21. The van der Waals surface area contributed by atoms with Crippen molar-refractivity contribution in [1.29, 1.82) is 0 Å². The molecule has 0 spiro atoms. The molecule has 100 valence electrons. The molecule has 0 amide bonds.